The number of halogens is 1. The van der Waals surface area contributed by atoms with E-state index in [0.717, 1.165) is 24.1 Å². The van der Waals surface area contributed by atoms with Crippen LogP contribution in [0.2, 0.25) is 0 Å². The molecule has 8 nitrogen and oxygen atoms in total. The van der Waals surface area contributed by atoms with E-state index in [-0.39, 0.29) is 31.2 Å². The molecule has 2 aliphatic heterocycles. The van der Waals surface area contributed by atoms with Crippen molar-refractivity contribution in [3.63, 3.8) is 0 Å². The zero-order valence-corrected chi connectivity index (χ0v) is 21.1. The minimum absolute atomic E-state index is 0.00714. The van der Waals surface area contributed by atoms with Crippen LogP contribution in [-0.4, -0.2) is 58.3 Å². The fourth-order valence-electron chi connectivity index (χ4n) is 5.59. The number of aliphatic hydroxyl groups is 1. The number of hydrogen-bond donors (Lipinski definition) is 1. The van der Waals surface area contributed by atoms with E-state index in [4.69, 9.17) is 0 Å². The monoisotopic (exact) mass is 513 g/mol. The Morgan fingerprint density at radius 3 is 2.50 bits per heavy atom. The van der Waals surface area contributed by atoms with Gasteiger partial charge in [-0.1, -0.05) is 36.4 Å². The van der Waals surface area contributed by atoms with Crippen LogP contribution in [0.4, 0.5) is 10.1 Å². The molecule has 2 aliphatic rings. The zero-order chi connectivity index (χ0) is 25.3. The molecular weight excluding hydrogens is 481 g/mol. The summed E-state index contributed by atoms with van der Waals surface area (Å²) in [5.74, 6) is -0.454. The van der Waals surface area contributed by atoms with Gasteiger partial charge in [0.1, 0.15) is 23.7 Å². The first-order valence-electron chi connectivity index (χ1n) is 12.4. The molecule has 0 spiro atoms. The van der Waals surface area contributed by atoms with Crippen molar-refractivity contribution in [3.05, 3.63) is 78.1 Å². The molecule has 5 rings (SSSR count). The maximum absolute atomic E-state index is 15.3. The van der Waals surface area contributed by atoms with Crippen LogP contribution in [0.1, 0.15) is 48.6 Å². The van der Waals surface area contributed by atoms with Crippen LogP contribution in [-0.2, 0) is 16.6 Å². The molecular formula is C26H32FN5O3S. The van der Waals surface area contributed by atoms with Crippen molar-refractivity contribution >= 4 is 15.7 Å². The number of sulfonamides is 1. The van der Waals surface area contributed by atoms with Crippen LogP contribution in [0.15, 0.2) is 61.2 Å². The SMILES string of the molecule is CC1CCC(c2ccccc2)S(=O)(=O)N1Cc1ccc(N2CC[C@@H](n3cnnc3)[C@@H](CO)C2)cc1F. The predicted molar refractivity (Wildman–Crippen MR) is 135 cm³/mol. The van der Waals surface area contributed by atoms with Crippen LogP contribution in [0.25, 0.3) is 0 Å². The third-order valence-electron chi connectivity index (χ3n) is 7.67. The Morgan fingerprint density at radius 1 is 1.06 bits per heavy atom. The molecule has 36 heavy (non-hydrogen) atoms. The number of nitrogens with zero attached hydrogens (tertiary/aromatic N) is 5. The largest absolute Gasteiger partial charge is 0.396 e. The Morgan fingerprint density at radius 2 is 1.81 bits per heavy atom. The van der Waals surface area contributed by atoms with Gasteiger partial charge in [-0.05, 0) is 43.9 Å². The van der Waals surface area contributed by atoms with E-state index in [1.54, 1.807) is 18.7 Å². The highest BCUT2D eigenvalue weighted by molar-refractivity contribution is 7.89. The summed E-state index contributed by atoms with van der Waals surface area (Å²) < 4.78 is 45.7. The summed E-state index contributed by atoms with van der Waals surface area (Å²) in [6.45, 7) is 3.18. The fraction of sp³-hybridized carbons (Fsp3) is 0.462. The normalized spacial score (nSPS) is 26.7. The number of benzene rings is 2. The lowest BCUT2D eigenvalue weighted by Gasteiger charge is -2.39. The third kappa shape index (κ3) is 4.77. The van der Waals surface area contributed by atoms with E-state index in [9.17, 15) is 13.5 Å². The first kappa shape index (κ1) is 24.9. The Balaban J connectivity index is 1.32. The van der Waals surface area contributed by atoms with Crippen LogP contribution < -0.4 is 4.90 Å². The lowest BCUT2D eigenvalue weighted by molar-refractivity contribution is 0.160. The third-order valence-corrected chi connectivity index (χ3v) is 10.0. The highest BCUT2D eigenvalue weighted by Crippen LogP contribution is 2.38. The molecule has 0 bridgehead atoms. The summed E-state index contributed by atoms with van der Waals surface area (Å²) in [7, 11) is -3.63. The van der Waals surface area contributed by atoms with Gasteiger partial charge >= 0.3 is 0 Å². The van der Waals surface area contributed by atoms with Crippen LogP contribution in [0.5, 0.6) is 0 Å². The second-order valence-electron chi connectivity index (χ2n) is 9.85. The quantitative estimate of drug-likeness (QED) is 0.542. The van der Waals surface area contributed by atoms with Gasteiger partial charge in [-0.15, -0.1) is 10.2 Å². The molecule has 2 saturated heterocycles. The van der Waals surface area contributed by atoms with Crippen molar-refractivity contribution in [3.8, 4) is 0 Å². The zero-order valence-electron chi connectivity index (χ0n) is 20.3. The molecule has 192 valence electrons. The molecule has 2 fully saturated rings. The molecule has 0 aliphatic carbocycles. The molecule has 2 unspecified atom stereocenters. The van der Waals surface area contributed by atoms with Gasteiger partial charge in [0.2, 0.25) is 10.0 Å². The standard InChI is InChI=1S/C26H32FN5O3S/c1-19-7-10-26(20-5-3-2-4-6-20)36(34,35)32(19)15-21-8-9-23(13-24(21)27)30-12-11-25(22(14-30)16-33)31-17-28-29-18-31/h2-6,8-9,13,17-19,22,25-26,33H,7,10-12,14-16H2,1H3/t19?,22-,25-,26?/m1/s1. The number of piperidine rings is 1. The summed E-state index contributed by atoms with van der Waals surface area (Å²) in [6.07, 6.45) is 5.38. The number of anilines is 1. The van der Waals surface area contributed by atoms with Gasteiger partial charge in [0.15, 0.2) is 0 Å². The summed E-state index contributed by atoms with van der Waals surface area (Å²) in [4.78, 5) is 2.07. The van der Waals surface area contributed by atoms with Gasteiger partial charge in [0, 0.05) is 55.5 Å². The number of aliphatic hydroxyl groups excluding tert-OH is 1. The summed E-state index contributed by atoms with van der Waals surface area (Å²) >= 11 is 0. The second-order valence-corrected chi connectivity index (χ2v) is 11.9. The van der Waals surface area contributed by atoms with Crippen molar-refractivity contribution in [2.24, 2.45) is 5.92 Å². The van der Waals surface area contributed by atoms with E-state index in [0.29, 0.717) is 25.1 Å². The number of aromatic nitrogens is 3. The average molecular weight is 514 g/mol. The highest BCUT2D eigenvalue weighted by atomic mass is 32.2. The van der Waals surface area contributed by atoms with Crippen molar-refractivity contribution in [1.29, 1.82) is 0 Å². The molecule has 2 aromatic carbocycles. The lowest BCUT2D eigenvalue weighted by Crippen LogP contribution is -2.45. The maximum atomic E-state index is 15.3. The molecule has 1 aromatic heterocycles. The summed E-state index contributed by atoms with van der Waals surface area (Å²) in [5.41, 5.74) is 1.87. The first-order valence-corrected chi connectivity index (χ1v) is 13.9. The molecule has 0 saturated carbocycles. The van der Waals surface area contributed by atoms with Crippen molar-refractivity contribution in [2.75, 3.05) is 24.6 Å². The smallest absolute Gasteiger partial charge is 0.221 e. The van der Waals surface area contributed by atoms with E-state index in [1.165, 1.54) is 10.4 Å². The van der Waals surface area contributed by atoms with Crippen molar-refractivity contribution in [1.82, 2.24) is 19.1 Å². The Labute approximate surface area is 211 Å². The van der Waals surface area contributed by atoms with E-state index < -0.39 is 21.1 Å². The Hall–Kier alpha value is -2.82. The van der Waals surface area contributed by atoms with Crippen LogP contribution in [0, 0.1) is 11.7 Å². The Kier molecular flexibility index (Phi) is 7.09. The van der Waals surface area contributed by atoms with E-state index in [1.807, 2.05) is 47.9 Å². The van der Waals surface area contributed by atoms with Gasteiger partial charge in [-0.25, -0.2) is 12.8 Å². The van der Waals surface area contributed by atoms with Gasteiger partial charge in [0.05, 0.1) is 0 Å². The molecule has 0 radical (unpaired) electrons. The molecule has 0 amide bonds. The van der Waals surface area contributed by atoms with Crippen LogP contribution >= 0.6 is 0 Å². The first-order chi connectivity index (χ1) is 17.4. The van der Waals surface area contributed by atoms with Crippen molar-refractivity contribution < 1.29 is 17.9 Å². The van der Waals surface area contributed by atoms with Crippen LogP contribution in [0.3, 0.4) is 0 Å². The van der Waals surface area contributed by atoms with E-state index in [2.05, 4.69) is 15.1 Å². The summed E-state index contributed by atoms with van der Waals surface area (Å²) in [6, 6.07) is 14.2. The molecule has 4 atom stereocenters. The minimum atomic E-state index is -3.63. The van der Waals surface area contributed by atoms with Crippen molar-refractivity contribution in [2.45, 2.75) is 50.1 Å². The van der Waals surface area contributed by atoms with Gasteiger partial charge < -0.3 is 14.6 Å². The highest BCUT2D eigenvalue weighted by Gasteiger charge is 2.40. The fourth-order valence-corrected chi connectivity index (χ4v) is 7.78. The molecule has 1 N–H and O–H groups in total. The van der Waals surface area contributed by atoms with E-state index >= 15 is 4.39 Å². The predicted octanol–water partition coefficient (Wildman–Crippen LogP) is 3.53. The minimum Gasteiger partial charge on any atom is -0.396 e. The maximum Gasteiger partial charge on any atom is 0.221 e. The molecule has 3 heterocycles. The van der Waals surface area contributed by atoms with Gasteiger partial charge in [-0.2, -0.15) is 4.31 Å². The molecule has 10 heteroatoms. The molecule has 3 aromatic rings. The number of rotatable bonds is 6. The average Bonchev–Trinajstić information content (AvgIpc) is 3.42. The van der Waals surface area contributed by atoms with Gasteiger partial charge in [-0.3, -0.25) is 0 Å². The lowest BCUT2D eigenvalue weighted by atomic mass is 9.92. The number of hydrogen-bond acceptors (Lipinski definition) is 6. The Bertz CT molecular complexity index is 1270. The second kappa shape index (κ2) is 10.3. The topological polar surface area (TPSA) is 91.6 Å². The van der Waals surface area contributed by atoms with Gasteiger partial charge in [0.25, 0.3) is 0 Å². The summed E-state index contributed by atoms with van der Waals surface area (Å²) in [5, 5.41) is 17.1.